The highest BCUT2D eigenvalue weighted by atomic mass is 79.9. The minimum Gasteiger partial charge on any atom is -0.315 e. The van der Waals surface area contributed by atoms with Crippen LogP contribution in [0.4, 0.5) is 4.39 Å². The van der Waals surface area contributed by atoms with Gasteiger partial charge in [-0.25, -0.2) is 17.5 Å². The fraction of sp³-hybridized carbons (Fsp3) is 0.400. The average molecular weight is 360 g/mol. The molecule has 1 aromatic carbocycles. The van der Waals surface area contributed by atoms with Gasteiger partial charge in [-0.15, -0.1) is 12.4 Å². The van der Waals surface area contributed by atoms with Crippen molar-refractivity contribution in [1.29, 1.82) is 0 Å². The summed E-state index contributed by atoms with van der Waals surface area (Å²) in [5.74, 6) is -0.758. The summed E-state index contributed by atoms with van der Waals surface area (Å²) in [5.41, 5.74) is 0. The van der Waals surface area contributed by atoms with E-state index in [9.17, 15) is 12.8 Å². The minimum absolute atomic E-state index is 0. The number of hydrogen-bond acceptors (Lipinski definition) is 3. The second-order valence-electron chi connectivity index (χ2n) is 3.86. The predicted molar refractivity (Wildman–Crippen MR) is 72.9 cm³/mol. The van der Waals surface area contributed by atoms with Crippen molar-refractivity contribution in [2.24, 2.45) is 0 Å². The van der Waals surface area contributed by atoms with E-state index < -0.39 is 15.8 Å². The zero-order chi connectivity index (χ0) is 12.5. The van der Waals surface area contributed by atoms with E-state index in [2.05, 4.69) is 26.0 Å². The van der Waals surface area contributed by atoms with Crippen LogP contribution in [0.2, 0.25) is 0 Å². The van der Waals surface area contributed by atoms with Gasteiger partial charge in [-0.2, -0.15) is 0 Å². The van der Waals surface area contributed by atoms with Gasteiger partial charge < -0.3 is 5.32 Å². The molecule has 1 atom stereocenters. The standard InChI is InChI=1S/C10H12BrFN2O2S.ClH/c11-8-2-1-3-9(10(8)12)17(15,16)14-7-4-5-13-6-7;/h1-3,7,13-14H,4-6H2;1H. The molecular formula is C10H13BrClFN2O2S. The molecule has 4 nitrogen and oxygen atoms in total. The third kappa shape index (κ3) is 3.42. The SMILES string of the molecule is Cl.O=S(=O)(NC1CCNC1)c1cccc(Br)c1F. The third-order valence-electron chi connectivity index (χ3n) is 2.59. The lowest BCUT2D eigenvalue weighted by atomic mass is 10.3. The Balaban J connectivity index is 0.00000162. The molecule has 1 unspecified atom stereocenters. The molecule has 0 radical (unpaired) electrons. The van der Waals surface area contributed by atoms with Gasteiger partial charge in [-0.05, 0) is 41.0 Å². The van der Waals surface area contributed by atoms with Crippen LogP contribution in [0, 0.1) is 5.82 Å². The van der Waals surface area contributed by atoms with Crippen LogP contribution in [-0.4, -0.2) is 27.5 Å². The zero-order valence-corrected chi connectivity index (χ0v) is 12.5. The second kappa shape index (κ2) is 6.29. The van der Waals surface area contributed by atoms with Crippen molar-refractivity contribution in [1.82, 2.24) is 10.0 Å². The summed E-state index contributed by atoms with van der Waals surface area (Å²) in [4.78, 5) is -0.321. The van der Waals surface area contributed by atoms with E-state index in [1.54, 1.807) is 0 Å². The molecule has 8 heteroatoms. The maximum atomic E-state index is 13.7. The highest BCUT2D eigenvalue weighted by Gasteiger charge is 2.25. The van der Waals surface area contributed by atoms with Gasteiger partial charge in [0.05, 0.1) is 4.47 Å². The van der Waals surface area contributed by atoms with Crippen molar-refractivity contribution in [3.05, 3.63) is 28.5 Å². The van der Waals surface area contributed by atoms with Crippen LogP contribution in [0.1, 0.15) is 6.42 Å². The maximum absolute atomic E-state index is 13.7. The first-order valence-electron chi connectivity index (χ1n) is 5.18. The molecule has 1 aliphatic heterocycles. The van der Waals surface area contributed by atoms with E-state index in [4.69, 9.17) is 0 Å². The highest BCUT2D eigenvalue weighted by molar-refractivity contribution is 9.10. The molecule has 1 aromatic rings. The summed E-state index contributed by atoms with van der Waals surface area (Å²) in [7, 11) is -3.79. The van der Waals surface area contributed by atoms with Gasteiger partial charge in [0.15, 0.2) is 5.82 Å². The van der Waals surface area contributed by atoms with Crippen LogP contribution >= 0.6 is 28.3 Å². The zero-order valence-electron chi connectivity index (χ0n) is 9.32. The van der Waals surface area contributed by atoms with Gasteiger partial charge in [-0.1, -0.05) is 6.07 Å². The number of nitrogens with one attached hydrogen (secondary N) is 2. The normalized spacial score (nSPS) is 19.6. The molecule has 1 heterocycles. The van der Waals surface area contributed by atoms with Crippen LogP contribution in [0.5, 0.6) is 0 Å². The summed E-state index contributed by atoms with van der Waals surface area (Å²) < 4.78 is 40.2. The molecule has 1 saturated heterocycles. The Morgan fingerprint density at radius 2 is 2.17 bits per heavy atom. The Morgan fingerprint density at radius 3 is 2.78 bits per heavy atom. The van der Waals surface area contributed by atoms with Gasteiger partial charge in [0, 0.05) is 12.6 Å². The Bertz CT molecular complexity index is 521. The van der Waals surface area contributed by atoms with Crippen LogP contribution in [0.15, 0.2) is 27.6 Å². The lowest BCUT2D eigenvalue weighted by Gasteiger charge is -2.12. The summed E-state index contributed by atoms with van der Waals surface area (Å²) in [6.45, 7) is 1.35. The molecule has 0 aliphatic carbocycles. The molecule has 2 rings (SSSR count). The first-order chi connectivity index (χ1) is 8.00. The van der Waals surface area contributed by atoms with Crippen molar-refractivity contribution in [2.45, 2.75) is 17.4 Å². The number of rotatable bonds is 3. The third-order valence-corrected chi connectivity index (χ3v) is 4.74. The molecule has 0 bridgehead atoms. The molecule has 102 valence electrons. The van der Waals surface area contributed by atoms with Gasteiger partial charge in [0.1, 0.15) is 4.90 Å². The number of benzene rings is 1. The molecule has 1 aliphatic rings. The van der Waals surface area contributed by atoms with Crippen LogP contribution in [-0.2, 0) is 10.0 Å². The van der Waals surface area contributed by atoms with E-state index in [0.29, 0.717) is 6.54 Å². The van der Waals surface area contributed by atoms with Crippen molar-refractivity contribution >= 4 is 38.4 Å². The van der Waals surface area contributed by atoms with Crippen molar-refractivity contribution in [3.8, 4) is 0 Å². The van der Waals surface area contributed by atoms with E-state index in [-0.39, 0.29) is 27.8 Å². The molecule has 0 saturated carbocycles. The van der Waals surface area contributed by atoms with Gasteiger partial charge in [-0.3, -0.25) is 0 Å². The molecule has 1 fully saturated rings. The summed E-state index contributed by atoms with van der Waals surface area (Å²) in [5, 5.41) is 3.04. The smallest absolute Gasteiger partial charge is 0.243 e. The van der Waals surface area contributed by atoms with Crippen molar-refractivity contribution in [2.75, 3.05) is 13.1 Å². The largest absolute Gasteiger partial charge is 0.315 e. The topological polar surface area (TPSA) is 58.2 Å². The Labute approximate surface area is 120 Å². The lowest BCUT2D eigenvalue weighted by Crippen LogP contribution is -2.36. The lowest BCUT2D eigenvalue weighted by molar-refractivity contribution is 0.540. The van der Waals surface area contributed by atoms with Gasteiger partial charge >= 0.3 is 0 Å². The van der Waals surface area contributed by atoms with Crippen LogP contribution < -0.4 is 10.0 Å². The second-order valence-corrected chi connectivity index (χ2v) is 6.40. The van der Waals surface area contributed by atoms with Crippen molar-refractivity contribution < 1.29 is 12.8 Å². The molecule has 0 aromatic heterocycles. The number of sulfonamides is 1. The first-order valence-corrected chi connectivity index (χ1v) is 7.45. The van der Waals surface area contributed by atoms with E-state index in [1.165, 1.54) is 18.2 Å². The molecule has 0 amide bonds. The van der Waals surface area contributed by atoms with E-state index >= 15 is 0 Å². The monoisotopic (exact) mass is 358 g/mol. The van der Waals surface area contributed by atoms with E-state index in [0.717, 1.165) is 13.0 Å². The molecular weight excluding hydrogens is 347 g/mol. The number of halogens is 3. The summed E-state index contributed by atoms with van der Waals surface area (Å²) in [6, 6.07) is 4.05. The van der Waals surface area contributed by atoms with Gasteiger partial charge in [0.2, 0.25) is 10.0 Å². The minimum atomic E-state index is -3.79. The fourth-order valence-electron chi connectivity index (χ4n) is 1.73. The summed E-state index contributed by atoms with van der Waals surface area (Å²) >= 11 is 2.97. The summed E-state index contributed by atoms with van der Waals surface area (Å²) in [6.07, 6.45) is 0.717. The van der Waals surface area contributed by atoms with E-state index in [1.807, 2.05) is 0 Å². The molecule has 0 spiro atoms. The quantitative estimate of drug-likeness (QED) is 0.863. The Hall–Kier alpha value is -0.210. The van der Waals surface area contributed by atoms with Crippen LogP contribution in [0.3, 0.4) is 0 Å². The highest BCUT2D eigenvalue weighted by Crippen LogP contribution is 2.22. The average Bonchev–Trinajstić information content (AvgIpc) is 2.73. The molecule has 18 heavy (non-hydrogen) atoms. The number of hydrogen-bond donors (Lipinski definition) is 2. The Kier molecular flexibility index (Phi) is 5.54. The fourth-order valence-corrected chi connectivity index (χ4v) is 3.60. The maximum Gasteiger partial charge on any atom is 0.243 e. The molecule has 2 N–H and O–H groups in total. The first kappa shape index (κ1) is 15.8. The van der Waals surface area contributed by atoms with Crippen molar-refractivity contribution in [3.63, 3.8) is 0 Å². The van der Waals surface area contributed by atoms with Gasteiger partial charge in [0.25, 0.3) is 0 Å². The van der Waals surface area contributed by atoms with Crippen LogP contribution in [0.25, 0.3) is 0 Å². The predicted octanol–water partition coefficient (Wildman–Crippen LogP) is 1.65. The Morgan fingerprint density at radius 1 is 1.44 bits per heavy atom.